The second-order valence-corrected chi connectivity index (χ2v) is 5.97. The van der Waals surface area contributed by atoms with Crippen LogP contribution in [0.5, 0.6) is 0 Å². The first kappa shape index (κ1) is 14.3. The zero-order valence-electron chi connectivity index (χ0n) is 12.8. The first-order chi connectivity index (χ1) is 11.3. The number of H-pyrrole nitrogens is 1. The maximum Gasteiger partial charge on any atom is 0.252 e. The van der Waals surface area contributed by atoms with Crippen LogP contribution >= 0.6 is 0 Å². The highest BCUT2D eigenvalue weighted by molar-refractivity contribution is 5.81. The van der Waals surface area contributed by atoms with Gasteiger partial charge in [-0.15, -0.1) is 0 Å². The molecular weight excluding hydrogens is 294 g/mol. The van der Waals surface area contributed by atoms with Gasteiger partial charge < -0.3 is 9.64 Å². The van der Waals surface area contributed by atoms with Crippen molar-refractivity contribution in [2.45, 2.75) is 37.8 Å². The Balaban J connectivity index is 1.55. The highest BCUT2D eigenvalue weighted by Crippen LogP contribution is 2.32. The summed E-state index contributed by atoms with van der Waals surface area (Å²) in [6, 6.07) is 3.71. The van der Waals surface area contributed by atoms with Crippen molar-refractivity contribution in [2.24, 2.45) is 0 Å². The van der Waals surface area contributed by atoms with Crippen molar-refractivity contribution in [2.75, 3.05) is 13.2 Å². The molecule has 23 heavy (non-hydrogen) atoms. The van der Waals surface area contributed by atoms with E-state index in [4.69, 9.17) is 4.74 Å². The monoisotopic (exact) mass is 313 g/mol. The summed E-state index contributed by atoms with van der Waals surface area (Å²) in [6.07, 6.45) is 6.82. The van der Waals surface area contributed by atoms with Crippen LogP contribution in [0, 0.1) is 0 Å². The van der Waals surface area contributed by atoms with Gasteiger partial charge in [-0.05, 0) is 37.8 Å². The topological polar surface area (TPSA) is 84.0 Å². The molecule has 7 nitrogen and oxygen atoms in total. The van der Waals surface area contributed by atoms with Gasteiger partial charge in [-0.1, -0.05) is 0 Å². The molecule has 2 fully saturated rings. The molecule has 2 atom stereocenters. The summed E-state index contributed by atoms with van der Waals surface area (Å²) in [5, 5.41) is 7.29. The van der Waals surface area contributed by atoms with Crippen molar-refractivity contribution in [1.82, 2.24) is 25.1 Å². The Morgan fingerprint density at radius 3 is 2.91 bits per heavy atom. The third kappa shape index (κ3) is 2.72. The standard InChI is InChI=1S/C16H19N5O2/c22-16(13-4-2-10-23-13)21-9-1-3-12(21)15-18-14(19-20-15)11-5-7-17-8-6-11/h5-8,12-13H,1-4,9-10H2,(H,18,19,20). The average Bonchev–Trinajstić information content (AvgIpc) is 3.35. The molecule has 2 aromatic rings. The molecule has 4 heterocycles. The summed E-state index contributed by atoms with van der Waals surface area (Å²) >= 11 is 0. The van der Waals surface area contributed by atoms with Crippen LogP contribution in [0.4, 0.5) is 0 Å². The Hall–Kier alpha value is -2.28. The molecular formula is C16H19N5O2. The van der Waals surface area contributed by atoms with Crippen LogP contribution in [0.1, 0.15) is 37.5 Å². The van der Waals surface area contributed by atoms with Gasteiger partial charge >= 0.3 is 0 Å². The van der Waals surface area contributed by atoms with Crippen molar-refractivity contribution in [3.05, 3.63) is 30.4 Å². The minimum absolute atomic E-state index is 0.0326. The number of carbonyl (C=O) groups is 1. The predicted molar refractivity (Wildman–Crippen MR) is 82.3 cm³/mol. The fraction of sp³-hybridized carbons (Fsp3) is 0.500. The summed E-state index contributed by atoms with van der Waals surface area (Å²) in [5.74, 6) is 1.48. The lowest BCUT2D eigenvalue weighted by atomic mass is 10.1. The number of nitrogens with one attached hydrogen (secondary N) is 1. The summed E-state index contributed by atoms with van der Waals surface area (Å²) in [5.41, 5.74) is 0.914. The van der Waals surface area contributed by atoms with Crippen LogP contribution in [-0.2, 0) is 9.53 Å². The molecule has 0 spiro atoms. The molecule has 1 amide bonds. The van der Waals surface area contributed by atoms with E-state index < -0.39 is 0 Å². The average molecular weight is 313 g/mol. The molecule has 2 saturated heterocycles. The van der Waals surface area contributed by atoms with Crippen LogP contribution in [0.25, 0.3) is 11.4 Å². The number of ether oxygens (including phenoxy) is 1. The van der Waals surface area contributed by atoms with Crippen molar-refractivity contribution in [3.8, 4) is 11.4 Å². The van der Waals surface area contributed by atoms with Crippen LogP contribution in [0.15, 0.2) is 24.5 Å². The largest absolute Gasteiger partial charge is 0.368 e. The van der Waals surface area contributed by atoms with Gasteiger partial charge in [0.25, 0.3) is 5.91 Å². The fourth-order valence-electron chi connectivity index (χ4n) is 3.33. The van der Waals surface area contributed by atoms with E-state index >= 15 is 0 Å². The van der Waals surface area contributed by atoms with E-state index in [1.807, 2.05) is 17.0 Å². The summed E-state index contributed by atoms with van der Waals surface area (Å²) in [4.78, 5) is 23.1. The van der Waals surface area contributed by atoms with E-state index in [1.54, 1.807) is 12.4 Å². The minimum atomic E-state index is -0.279. The van der Waals surface area contributed by atoms with Gasteiger partial charge in [-0.2, -0.15) is 5.10 Å². The first-order valence-corrected chi connectivity index (χ1v) is 8.08. The van der Waals surface area contributed by atoms with E-state index in [-0.39, 0.29) is 18.1 Å². The lowest BCUT2D eigenvalue weighted by molar-refractivity contribution is -0.142. The molecule has 0 radical (unpaired) electrons. The quantitative estimate of drug-likeness (QED) is 0.932. The van der Waals surface area contributed by atoms with Gasteiger partial charge in [0.05, 0.1) is 6.04 Å². The van der Waals surface area contributed by atoms with E-state index in [9.17, 15) is 4.79 Å². The number of hydrogen-bond donors (Lipinski definition) is 1. The number of carbonyl (C=O) groups excluding carboxylic acids is 1. The molecule has 0 aliphatic carbocycles. The SMILES string of the molecule is O=C(C1CCCO1)N1CCCC1c1nc(-c2ccncc2)n[nH]1. The predicted octanol–water partition coefficient (Wildman–Crippen LogP) is 1.71. The van der Waals surface area contributed by atoms with E-state index in [0.29, 0.717) is 12.4 Å². The van der Waals surface area contributed by atoms with Crippen molar-refractivity contribution in [1.29, 1.82) is 0 Å². The Kier molecular flexibility index (Phi) is 3.78. The second kappa shape index (κ2) is 6.08. The molecule has 7 heteroatoms. The number of hydrogen-bond acceptors (Lipinski definition) is 5. The molecule has 4 rings (SSSR count). The molecule has 2 aliphatic rings. The normalized spacial score (nSPS) is 24.3. The lowest BCUT2D eigenvalue weighted by Gasteiger charge is -2.25. The Morgan fingerprint density at radius 2 is 2.13 bits per heavy atom. The Morgan fingerprint density at radius 1 is 1.26 bits per heavy atom. The van der Waals surface area contributed by atoms with Crippen LogP contribution < -0.4 is 0 Å². The van der Waals surface area contributed by atoms with E-state index in [0.717, 1.165) is 43.6 Å². The molecule has 2 unspecified atom stereocenters. The summed E-state index contributed by atoms with van der Waals surface area (Å²) < 4.78 is 5.54. The number of nitrogens with zero attached hydrogens (tertiary/aromatic N) is 4. The lowest BCUT2D eigenvalue weighted by Crippen LogP contribution is -2.38. The zero-order valence-corrected chi connectivity index (χ0v) is 12.8. The Bertz CT molecular complexity index is 681. The fourth-order valence-corrected chi connectivity index (χ4v) is 3.33. The van der Waals surface area contributed by atoms with Gasteiger partial charge in [0.1, 0.15) is 11.9 Å². The maximum absolute atomic E-state index is 12.6. The number of aromatic nitrogens is 4. The van der Waals surface area contributed by atoms with Gasteiger partial charge in [0.15, 0.2) is 5.82 Å². The highest BCUT2D eigenvalue weighted by Gasteiger charge is 2.37. The van der Waals surface area contributed by atoms with Crippen LogP contribution in [0.3, 0.4) is 0 Å². The van der Waals surface area contributed by atoms with E-state index in [2.05, 4.69) is 20.2 Å². The number of rotatable bonds is 3. The maximum atomic E-state index is 12.6. The highest BCUT2D eigenvalue weighted by atomic mass is 16.5. The third-order valence-corrected chi connectivity index (χ3v) is 4.50. The molecule has 120 valence electrons. The smallest absolute Gasteiger partial charge is 0.252 e. The van der Waals surface area contributed by atoms with Crippen LogP contribution in [0.2, 0.25) is 0 Å². The first-order valence-electron chi connectivity index (χ1n) is 8.08. The van der Waals surface area contributed by atoms with Crippen molar-refractivity contribution >= 4 is 5.91 Å². The minimum Gasteiger partial charge on any atom is -0.368 e. The number of pyridine rings is 1. The number of amides is 1. The molecule has 0 aromatic carbocycles. The van der Waals surface area contributed by atoms with Crippen LogP contribution in [-0.4, -0.2) is 50.2 Å². The summed E-state index contributed by atoms with van der Waals surface area (Å²) in [6.45, 7) is 1.44. The van der Waals surface area contributed by atoms with Gasteiger partial charge in [0, 0.05) is 31.1 Å². The third-order valence-electron chi connectivity index (χ3n) is 4.50. The second-order valence-electron chi connectivity index (χ2n) is 5.97. The molecule has 2 aliphatic heterocycles. The van der Waals surface area contributed by atoms with Gasteiger partial charge in [0.2, 0.25) is 0 Å². The molecule has 1 N–H and O–H groups in total. The zero-order chi connectivity index (χ0) is 15.6. The Labute approximate surface area is 134 Å². The number of likely N-dealkylation sites (tertiary alicyclic amines) is 1. The summed E-state index contributed by atoms with van der Waals surface area (Å²) in [7, 11) is 0. The van der Waals surface area contributed by atoms with Gasteiger partial charge in [-0.3, -0.25) is 14.9 Å². The molecule has 0 saturated carbocycles. The molecule has 2 aromatic heterocycles. The van der Waals surface area contributed by atoms with E-state index in [1.165, 1.54) is 0 Å². The molecule has 0 bridgehead atoms. The van der Waals surface area contributed by atoms with Gasteiger partial charge in [-0.25, -0.2) is 4.98 Å². The van der Waals surface area contributed by atoms with Crippen molar-refractivity contribution < 1.29 is 9.53 Å². The number of aromatic amines is 1. The van der Waals surface area contributed by atoms with Crippen molar-refractivity contribution in [3.63, 3.8) is 0 Å².